The molecule has 0 aliphatic rings. The zero-order valence-electron chi connectivity index (χ0n) is 15.2. The number of nitrogens with zero attached hydrogens (tertiary/aromatic N) is 3. The molecule has 0 aliphatic heterocycles. The second kappa shape index (κ2) is 8.07. The van der Waals surface area contributed by atoms with Crippen LogP contribution in [0.5, 0.6) is 0 Å². The molecule has 1 N–H and O–H groups in total. The van der Waals surface area contributed by atoms with Gasteiger partial charge in [0.05, 0.1) is 28.8 Å². The molecular formula is C21H16N4O3S. The van der Waals surface area contributed by atoms with Crippen molar-refractivity contribution >= 4 is 28.7 Å². The number of hydrogen-bond donors (Lipinski definition) is 1. The SMILES string of the molecule is O=C(Nc1ccc(-c2ccccc2)cc1)c1cc(Cn2ccc([N+](=O)[O-])n2)cs1. The normalized spacial score (nSPS) is 10.6. The molecule has 0 unspecified atom stereocenters. The van der Waals surface area contributed by atoms with Crippen LogP contribution in [0.1, 0.15) is 15.2 Å². The van der Waals surface area contributed by atoms with Crippen LogP contribution in [0, 0.1) is 10.1 Å². The Morgan fingerprint density at radius 2 is 1.79 bits per heavy atom. The highest BCUT2D eigenvalue weighted by atomic mass is 32.1. The van der Waals surface area contributed by atoms with Crippen LogP contribution >= 0.6 is 11.3 Å². The Balaban J connectivity index is 1.40. The molecule has 0 spiro atoms. The number of rotatable bonds is 6. The predicted octanol–water partition coefficient (Wildman–Crippen LogP) is 4.82. The highest BCUT2D eigenvalue weighted by molar-refractivity contribution is 7.12. The Morgan fingerprint density at radius 3 is 2.48 bits per heavy atom. The maximum Gasteiger partial charge on any atom is 0.389 e. The molecule has 0 radical (unpaired) electrons. The monoisotopic (exact) mass is 404 g/mol. The highest BCUT2D eigenvalue weighted by Gasteiger charge is 2.14. The molecule has 0 saturated heterocycles. The molecule has 0 saturated carbocycles. The van der Waals surface area contributed by atoms with Gasteiger partial charge in [-0.2, -0.15) is 4.68 Å². The number of aromatic nitrogens is 2. The zero-order chi connectivity index (χ0) is 20.2. The molecule has 2 heterocycles. The van der Waals surface area contributed by atoms with E-state index in [1.165, 1.54) is 22.1 Å². The topological polar surface area (TPSA) is 90.1 Å². The van der Waals surface area contributed by atoms with Crippen LogP contribution in [0.4, 0.5) is 11.5 Å². The van der Waals surface area contributed by atoms with Gasteiger partial charge in [0.15, 0.2) is 0 Å². The van der Waals surface area contributed by atoms with Crippen molar-refractivity contribution < 1.29 is 9.72 Å². The first kappa shape index (κ1) is 18.6. The summed E-state index contributed by atoms with van der Waals surface area (Å²) >= 11 is 1.32. The van der Waals surface area contributed by atoms with E-state index in [-0.39, 0.29) is 11.7 Å². The summed E-state index contributed by atoms with van der Waals surface area (Å²) in [5, 5.41) is 19.3. The van der Waals surface area contributed by atoms with Crippen LogP contribution in [-0.4, -0.2) is 20.6 Å². The van der Waals surface area contributed by atoms with Gasteiger partial charge in [-0.15, -0.1) is 11.3 Å². The number of anilines is 1. The van der Waals surface area contributed by atoms with Crippen LogP contribution in [0.15, 0.2) is 78.3 Å². The molecule has 4 aromatic rings. The van der Waals surface area contributed by atoms with Crippen LogP contribution in [0.3, 0.4) is 0 Å². The summed E-state index contributed by atoms with van der Waals surface area (Å²) in [6.45, 7) is 0.364. The fourth-order valence-corrected chi connectivity index (χ4v) is 3.67. The summed E-state index contributed by atoms with van der Waals surface area (Å²) in [6, 6.07) is 20.8. The number of amides is 1. The molecule has 4 rings (SSSR count). The Bertz CT molecular complexity index is 1150. The van der Waals surface area contributed by atoms with Gasteiger partial charge in [0.25, 0.3) is 5.91 Å². The fraction of sp³-hybridized carbons (Fsp3) is 0.0476. The summed E-state index contributed by atoms with van der Waals surface area (Å²) in [5.74, 6) is -0.391. The Morgan fingerprint density at radius 1 is 1.07 bits per heavy atom. The third kappa shape index (κ3) is 4.39. The molecule has 0 bridgehead atoms. The summed E-state index contributed by atoms with van der Waals surface area (Å²) < 4.78 is 1.48. The average Bonchev–Trinajstić information content (AvgIpc) is 3.39. The van der Waals surface area contributed by atoms with Gasteiger partial charge in [0.2, 0.25) is 0 Å². The van der Waals surface area contributed by atoms with Crippen LogP contribution < -0.4 is 5.32 Å². The van der Waals surface area contributed by atoms with Crippen molar-refractivity contribution in [3.8, 4) is 11.1 Å². The molecule has 2 aromatic carbocycles. The van der Waals surface area contributed by atoms with E-state index < -0.39 is 4.92 Å². The lowest BCUT2D eigenvalue weighted by Crippen LogP contribution is -2.10. The Hall–Kier alpha value is -3.78. The van der Waals surface area contributed by atoms with Crippen molar-refractivity contribution in [3.63, 3.8) is 0 Å². The molecule has 8 heteroatoms. The quantitative estimate of drug-likeness (QED) is 0.368. The van der Waals surface area contributed by atoms with Gasteiger partial charge in [-0.3, -0.25) is 4.79 Å². The van der Waals surface area contributed by atoms with E-state index in [0.29, 0.717) is 17.1 Å². The van der Waals surface area contributed by atoms with Gasteiger partial charge in [0.1, 0.15) is 0 Å². The first-order valence-electron chi connectivity index (χ1n) is 8.80. The largest absolute Gasteiger partial charge is 0.389 e. The predicted molar refractivity (Wildman–Crippen MR) is 112 cm³/mol. The molecule has 0 aliphatic carbocycles. The number of hydrogen-bond acceptors (Lipinski definition) is 5. The summed E-state index contributed by atoms with van der Waals surface area (Å²) in [5.41, 5.74) is 3.77. The number of thiophene rings is 1. The summed E-state index contributed by atoms with van der Waals surface area (Å²) in [7, 11) is 0. The third-order valence-corrected chi connectivity index (χ3v) is 5.26. The number of nitrogens with one attached hydrogen (secondary N) is 1. The van der Waals surface area contributed by atoms with Crippen LogP contribution in [-0.2, 0) is 6.54 Å². The molecule has 144 valence electrons. The minimum Gasteiger partial charge on any atom is -0.358 e. The van der Waals surface area contributed by atoms with Gasteiger partial charge < -0.3 is 15.4 Å². The van der Waals surface area contributed by atoms with Gasteiger partial charge in [-0.1, -0.05) is 42.5 Å². The molecular weight excluding hydrogens is 388 g/mol. The van der Waals surface area contributed by atoms with Gasteiger partial charge >= 0.3 is 5.82 Å². The number of nitro groups is 1. The lowest BCUT2D eigenvalue weighted by Gasteiger charge is -2.06. The fourth-order valence-electron chi connectivity index (χ4n) is 2.87. The molecule has 0 atom stereocenters. The first-order valence-corrected chi connectivity index (χ1v) is 9.68. The molecule has 0 fully saturated rings. The van der Waals surface area contributed by atoms with Crippen molar-refractivity contribution in [2.75, 3.05) is 5.32 Å². The van der Waals surface area contributed by atoms with E-state index >= 15 is 0 Å². The summed E-state index contributed by atoms with van der Waals surface area (Å²) in [6.07, 6.45) is 1.55. The molecule has 29 heavy (non-hydrogen) atoms. The maximum absolute atomic E-state index is 12.5. The molecule has 2 aromatic heterocycles. The van der Waals surface area contributed by atoms with Gasteiger partial charge in [-0.25, -0.2) is 0 Å². The van der Waals surface area contributed by atoms with E-state index in [9.17, 15) is 14.9 Å². The Kier molecular flexibility index (Phi) is 5.17. The number of benzene rings is 2. The van der Waals surface area contributed by atoms with E-state index in [0.717, 1.165) is 16.7 Å². The average molecular weight is 404 g/mol. The summed E-state index contributed by atoms with van der Waals surface area (Å²) in [4.78, 5) is 23.3. The van der Waals surface area contributed by atoms with Crippen LogP contribution in [0.2, 0.25) is 0 Å². The minimum absolute atomic E-state index is 0.194. The van der Waals surface area contributed by atoms with Crippen molar-refractivity contribution in [1.82, 2.24) is 9.78 Å². The standard InChI is InChI=1S/C21H16N4O3S/c26-21(22-18-8-6-17(7-9-18)16-4-2-1-3-5-16)19-12-15(14-29-19)13-24-11-10-20(23-24)25(27)28/h1-12,14H,13H2,(H,22,26). The number of carbonyl (C=O) groups excluding carboxylic acids is 1. The second-order valence-corrected chi connectivity index (χ2v) is 7.26. The van der Waals surface area contributed by atoms with Crippen molar-refractivity contribution in [2.45, 2.75) is 6.54 Å². The zero-order valence-corrected chi connectivity index (χ0v) is 16.0. The van der Waals surface area contributed by atoms with Crippen LogP contribution in [0.25, 0.3) is 11.1 Å². The smallest absolute Gasteiger partial charge is 0.358 e. The van der Waals surface area contributed by atoms with Crippen molar-refractivity contribution in [2.24, 2.45) is 0 Å². The van der Waals surface area contributed by atoms with Gasteiger partial charge in [-0.05, 0) is 45.2 Å². The van der Waals surface area contributed by atoms with Crippen molar-refractivity contribution in [1.29, 1.82) is 0 Å². The molecule has 1 amide bonds. The highest BCUT2D eigenvalue weighted by Crippen LogP contribution is 2.22. The minimum atomic E-state index is -0.536. The van der Waals surface area contributed by atoms with Gasteiger partial charge in [0, 0.05) is 5.69 Å². The molecule has 7 nitrogen and oxygen atoms in total. The first-order chi connectivity index (χ1) is 14.1. The van der Waals surface area contributed by atoms with E-state index in [1.807, 2.05) is 60.0 Å². The van der Waals surface area contributed by atoms with E-state index in [1.54, 1.807) is 12.3 Å². The third-order valence-electron chi connectivity index (χ3n) is 4.29. The number of carbonyl (C=O) groups is 1. The Labute approximate surface area is 170 Å². The van der Waals surface area contributed by atoms with E-state index in [2.05, 4.69) is 10.4 Å². The lowest BCUT2D eigenvalue weighted by atomic mass is 10.1. The maximum atomic E-state index is 12.5. The second-order valence-electron chi connectivity index (χ2n) is 6.35. The lowest BCUT2D eigenvalue weighted by molar-refractivity contribution is -0.389. The van der Waals surface area contributed by atoms with Crippen molar-refractivity contribution in [3.05, 3.63) is 98.9 Å². The van der Waals surface area contributed by atoms with E-state index in [4.69, 9.17) is 0 Å².